The van der Waals surface area contributed by atoms with Crippen LogP contribution in [0.3, 0.4) is 0 Å². The summed E-state index contributed by atoms with van der Waals surface area (Å²) >= 11 is 0. The summed E-state index contributed by atoms with van der Waals surface area (Å²) in [6, 6.07) is 4.48. The first-order valence-electron chi connectivity index (χ1n) is 10.8. The molecular weight excluding hydrogens is 414 g/mol. The molecule has 0 aromatic heterocycles. The van der Waals surface area contributed by atoms with Gasteiger partial charge in [0.1, 0.15) is 0 Å². The van der Waals surface area contributed by atoms with E-state index in [1.54, 1.807) is 0 Å². The van der Waals surface area contributed by atoms with Crippen molar-refractivity contribution < 1.29 is 46.6 Å². The first-order chi connectivity index (χ1) is 13.8. The molecule has 0 saturated carbocycles. The van der Waals surface area contributed by atoms with Gasteiger partial charge in [0.15, 0.2) is 0 Å². The SMILES string of the molecule is C[Si]OC(C)C.C[Si]OC(C)C.Cc1cc(C)[c-](C)c1C.Cc1cc(C)[c-](C)c1C.[Li+].[Li+]. The topological polar surface area (TPSA) is 18.5 Å². The van der Waals surface area contributed by atoms with Crippen molar-refractivity contribution in [2.75, 3.05) is 0 Å². The third-order valence-corrected chi connectivity index (χ3v) is 6.48. The normalized spacial score (nSPS) is 9.50. The third-order valence-electron chi connectivity index (χ3n) is 5.06. The third kappa shape index (κ3) is 17.7. The van der Waals surface area contributed by atoms with Gasteiger partial charge in [0.25, 0.3) is 0 Å². The Bertz CT molecular complexity index is 600. The van der Waals surface area contributed by atoms with E-state index in [0.29, 0.717) is 31.7 Å². The second-order valence-electron chi connectivity index (χ2n) is 8.26. The smallest absolute Gasteiger partial charge is 0.415 e. The van der Waals surface area contributed by atoms with E-state index in [1.807, 2.05) is 40.8 Å². The van der Waals surface area contributed by atoms with Crippen LogP contribution in [-0.2, 0) is 8.85 Å². The Morgan fingerprint density at radius 2 is 0.875 bits per heavy atom. The monoisotopic (exact) mass is 460 g/mol. The van der Waals surface area contributed by atoms with Crippen molar-refractivity contribution in [3.63, 3.8) is 0 Å². The number of rotatable bonds is 4. The molecule has 0 aliphatic carbocycles. The molecule has 0 N–H and O–H groups in total. The first kappa shape index (κ1) is 39.5. The van der Waals surface area contributed by atoms with Gasteiger partial charge in [-0.3, -0.25) is 0 Å². The van der Waals surface area contributed by atoms with Crippen molar-refractivity contribution >= 4 is 19.5 Å². The fourth-order valence-corrected chi connectivity index (χ4v) is 3.68. The minimum atomic E-state index is 0. The maximum Gasteiger partial charge on any atom is 1.00 e. The number of hydrogen-bond donors (Lipinski definition) is 0. The van der Waals surface area contributed by atoms with Crippen LogP contribution in [0.1, 0.15) is 72.2 Å². The fraction of sp³-hybridized carbons (Fsp3) is 0.615. The molecule has 0 saturated heterocycles. The average molecular weight is 461 g/mol. The zero-order valence-electron chi connectivity index (χ0n) is 24.1. The molecule has 0 amide bonds. The van der Waals surface area contributed by atoms with E-state index in [-0.39, 0.29) is 37.7 Å². The molecular formula is C26H46Li2O2Si2. The Morgan fingerprint density at radius 3 is 0.906 bits per heavy atom. The molecule has 0 atom stereocenters. The minimum absolute atomic E-state index is 0. The molecule has 0 fully saturated rings. The van der Waals surface area contributed by atoms with Crippen LogP contribution >= 0.6 is 0 Å². The summed E-state index contributed by atoms with van der Waals surface area (Å²) in [5.74, 6) is 0. The van der Waals surface area contributed by atoms with Gasteiger partial charge in [0.05, 0.1) is 0 Å². The molecule has 172 valence electrons. The van der Waals surface area contributed by atoms with Gasteiger partial charge in [0.2, 0.25) is 19.5 Å². The Kier molecular flexibility index (Phi) is 26.8. The van der Waals surface area contributed by atoms with Crippen LogP contribution in [0.25, 0.3) is 0 Å². The van der Waals surface area contributed by atoms with Crippen molar-refractivity contribution in [1.82, 2.24) is 0 Å². The number of aryl methyl sites for hydroxylation is 4. The molecule has 4 radical (unpaired) electrons. The summed E-state index contributed by atoms with van der Waals surface area (Å²) in [5, 5.41) is 0. The molecule has 0 bridgehead atoms. The second-order valence-corrected chi connectivity index (χ2v) is 9.55. The van der Waals surface area contributed by atoms with Crippen molar-refractivity contribution in [3.05, 3.63) is 56.6 Å². The van der Waals surface area contributed by atoms with Gasteiger partial charge >= 0.3 is 37.7 Å². The van der Waals surface area contributed by atoms with Crippen LogP contribution in [-0.4, -0.2) is 31.7 Å². The van der Waals surface area contributed by atoms with Crippen LogP contribution in [0.5, 0.6) is 0 Å². The molecule has 2 aromatic rings. The zero-order valence-corrected chi connectivity index (χ0v) is 26.1. The quantitative estimate of drug-likeness (QED) is 0.508. The van der Waals surface area contributed by atoms with Gasteiger partial charge < -0.3 is 8.85 Å². The van der Waals surface area contributed by atoms with Crippen molar-refractivity contribution in [2.45, 2.75) is 108 Å². The predicted octanol–water partition coefficient (Wildman–Crippen LogP) is 1.44. The summed E-state index contributed by atoms with van der Waals surface area (Å²) in [5.41, 5.74) is 11.5. The first-order valence-corrected chi connectivity index (χ1v) is 13.7. The molecule has 6 heteroatoms. The van der Waals surface area contributed by atoms with Crippen LogP contribution in [0.4, 0.5) is 0 Å². The molecule has 32 heavy (non-hydrogen) atoms. The van der Waals surface area contributed by atoms with Crippen LogP contribution < -0.4 is 37.7 Å². The minimum Gasteiger partial charge on any atom is -0.415 e. The van der Waals surface area contributed by atoms with E-state index in [0.717, 1.165) is 0 Å². The van der Waals surface area contributed by atoms with Crippen molar-refractivity contribution in [2.24, 2.45) is 0 Å². The molecule has 0 spiro atoms. The Balaban J connectivity index is -0.000000163. The molecule has 0 unspecified atom stereocenters. The summed E-state index contributed by atoms with van der Waals surface area (Å²) in [4.78, 5) is 0. The zero-order chi connectivity index (χ0) is 24.0. The summed E-state index contributed by atoms with van der Waals surface area (Å²) in [7, 11) is 1.28. The van der Waals surface area contributed by atoms with Gasteiger partial charge in [-0.2, -0.15) is 44.5 Å². The van der Waals surface area contributed by atoms with E-state index in [9.17, 15) is 0 Å². The maximum atomic E-state index is 5.07. The van der Waals surface area contributed by atoms with Gasteiger partial charge in [-0.15, -0.1) is 0 Å². The molecule has 0 heterocycles. The average Bonchev–Trinajstić information content (AvgIpc) is 3.00. The van der Waals surface area contributed by atoms with Gasteiger partial charge in [-0.25, -0.2) is 12.1 Å². The standard InChI is InChI=1S/2C9H13.2C4H10OSi.2Li/c2*1-6-5-7(2)9(4)8(6)3;2*1-4(2)5-6-3;;/h2*5H,1-4H3;2*4H,1-3H3;;/q2*-1;;;2*+1. The molecule has 2 rings (SSSR count). The van der Waals surface area contributed by atoms with Crippen molar-refractivity contribution in [3.8, 4) is 0 Å². The Morgan fingerprint density at radius 1 is 0.625 bits per heavy atom. The van der Waals surface area contributed by atoms with Crippen LogP contribution in [0, 0.1) is 55.4 Å². The molecule has 0 aliphatic rings. The summed E-state index contributed by atoms with van der Waals surface area (Å²) < 4.78 is 10.1. The Labute approximate surface area is 230 Å². The second kappa shape index (κ2) is 21.8. The summed E-state index contributed by atoms with van der Waals surface area (Å²) in [6.07, 6.45) is 0.821. The van der Waals surface area contributed by atoms with Gasteiger partial charge in [-0.1, -0.05) is 55.4 Å². The van der Waals surface area contributed by atoms with E-state index in [2.05, 4.69) is 67.5 Å². The fourth-order valence-electron chi connectivity index (χ4n) is 2.74. The number of hydrogen-bond acceptors (Lipinski definition) is 2. The van der Waals surface area contributed by atoms with E-state index in [4.69, 9.17) is 8.85 Å². The van der Waals surface area contributed by atoms with E-state index >= 15 is 0 Å². The maximum absolute atomic E-state index is 5.07. The van der Waals surface area contributed by atoms with Crippen LogP contribution in [0.2, 0.25) is 13.1 Å². The van der Waals surface area contributed by atoms with E-state index < -0.39 is 0 Å². The van der Waals surface area contributed by atoms with Crippen molar-refractivity contribution in [1.29, 1.82) is 0 Å². The van der Waals surface area contributed by atoms with Gasteiger partial charge in [-0.05, 0) is 40.8 Å². The molecule has 2 aromatic carbocycles. The molecule has 0 aliphatic heterocycles. The van der Waals surface area contributed by atoms with Gasteiger partial charge in [0, 0.05) is 12.2 Å². The van der Waals surface area contributed by atoms with E-state index in [1.165, 1.54) is 44.5 Å². The Hall–Kier alpha value is 0.249. The largest absolute Gasteiger partial charge is 1.00 e. The predicted molar refractivity (Wildman–Crippen MR) is 138 cm³/mol. The molecule has 2 nitrogen and oxygen atoms in total. The van der Waals surface area contributed by atoms with Crippen LogP contribution in [0.15, 0.2) is 12.1 Å². The summed E-state index contributed by atoms with van der Waals surface area (Å²) in [6.45, 7) is 29.6.